The van der Waals surface area contributed by atoms with Crippen LogP contribution in [0, 0.1) is 17.8 Å². The Labute approximate surface area is 113 Å². The van der Waals surface area contributed by atoms with Crippen molar-refractivity contribution in [3.8, 4) is 0 Å². The van der Waals surface area contributed by atoms with E-state index in [1.54, 1.807) is 0 Å². The number of carbonyl (C=O) groups is 3. The van der Waals surface area contributed by atoms with Crippen LogP contribution in [0.15, 0.2) is 0 Å². The van der Waals surface area contributed by atoms with Crippen LogP contribution in [-0.4, -0.2) is 48.4 Å². The molecule has 6 heteroatoms. The molecule has 0 aromatic carbocycles. The van der Waals surface area contributed by atoms with Crippen molar-refractivity contribution in [2.75, 3.05) is 20.6 Å². The largest absolute Gasteiger partial charge is 0.481 e. The Balaban J connectivity index is 2.73. The fraction of sp³-hybridized carbons (Fsp3) is 0.769. The lowest BCUT2D eigenvalue weighted by Crippen LogP contribution is -2.41. The van der Waals surface area contributed by atoms with E-state index in [-0.39, 0.29) is 24.3 Å². The molecule has 0 spiro atoms. The Morgan fingerprint density at radius 2 is 1.84 bits per heavy atom. The summed E-state index contributed by atoms with van der Waals surface area (Å²) in [5.41, 5.74) is 0. The van der Waals surface area contributed by atoms with Gasteiger partial charge in [-0.3, -0.25) is 14.4 Å². The Morgan fingerprint density at radius 3 is 2.32 bits per heavy atom. The van der Waals surface area contributed by atoms with Gasteiger partial charge in [0.05, 0.1) is 18.4 Å². The minimum atomic E-state index is -0.914. The van der Waals surface area contributed by atoms with Gasteiger partial charge in [-0.15, -0.1) is 0 Å². The molecule has 1 aliphatic rings. The molecule has 3 atom stereocenters. The van der Waals surface area contributed by atoms with Crippen LogP contribution in [0.3, 0.4) is 0 Å². The lowest BCUT2D eigenvalue weighted by atomic mass is 9.95. The quantitative estimate of drug-likeness (QED) is 0.753. The van der Waals surface area contributed by atoms with Gasteiger partial charge in [-0.05, 0) is 18.8 Å². The van der Waals surface area contributed by atoms with Crippen molar-refractivity contribution < 1.29 is 19.5 Å². The summed E-state index contributed by atoms with van der Waals surface area (Å²) >= 11 is 0. The van der Waals surface area contributed by atoms with Gasteiger partial charge in [-0.2, -0.15) is 0 Å². The first-order valence-electron chi connectivity index (χ1n) is 6.59. The Bertz CT molecular complexity index is 370. The normalized spacial score (nSPS) is 25.9. The number of amides is 2. The topological polar surface area (TPSA) is 86.7 Å². The summed E-state index contributed by atoms with van der Waals surface area (Å²) in [7, 11) is 3.04. The first kappa shape index (κ1) is 15.5. The number of nitrogens with zero attached hydrogens (tertiary/aromatic N) is 1. The summed E-state index contributed by atoms with van der Waals surface area (Å²) in [6, 6.07) is 0. The van der Waals surface area contributed by atoms with E-state index in [1.165, 1.54) is 19.0 Å². The second-order valence-electron chi connectivity index (χ2n) is 5.16. The van der Waals surface area contributed by atoms with Gasteiger partial charge in [-0.1, -0.05) is 13.3 Å². The fourth-order valence-electron chi connectivity index (χ4n) is 2.68. The predicted octanol–water partition coefficient (Wildman–Crippen LogP) is 0.328. The molecule has 0 aromatic rings. The molecular formula is C13H22N2O4. The molecule has 0 aliphatic heterocycles. The van der Waals surface area contributed by atoms with E-state index in [9.17, 15) is 19.5 Å². The average Bonchev–Trinajstić information content (AvgIpc) is 2.81. The highest BCUT2D eigenvalue weighted by Gasteiger charge is 2.43. The third-order valence-corrected chi connectivity index (χ3v) is 3.91. The van der Waals surface area contributed by atoms with Crippen molar-refractivity contribution in [2.45, 2.75) is 26.2 Å². The van der Waals surface area contributed by atoms with Crippen LogP contribution in [0.1, 0.15) is 26.2 Å². The maximum Gasteiger partial charge on any atom is 0.307 e. The Hall–Kier alpha value is -1.59. The first-order chi connectivity index (χ1) is 8.90. The van der Waals surface area contributed by atoms with Crippen LogP contribution < -0.4 is 5.32 Å². The van der Waals surface area contributed by atoms with E-state index in [0.717, 1.165) is 6.42 Å². The molecule has 0 saturated heterocycles. The van der Waals surface area contributed by atoms with Crippen molar-refractivity contribution >= 4 is 17.8 Å². The molecule has 2 amide bonds. The molecule has 1 aliphatic carbocycles. The zero-order valence-corrected chi connectivity index (χ0v) is 11.7. The highest BCUT2D eigenvalue weighted by molar-refractivity contribution is 5.88. The smallest absolute Gasteiger partial charge is 0.307 e. The molecule has 3 unspecified atom stereocenters. The van der Waals surface area contributed by atoms with Crippen molar-refractivity contribution in [2.24, 2.45) is 17.8 Å². The Morgan fingerprint density at radius 1 is 1.26 bits per heavy atom. The van der Waals surface area contributed by atoms with E-state index in [0.29, 0.717) is 12.8 Å². The standard InChI is InChI=1S/C13H22N2O4/c1-4-8-5-9(10(6-8)13(18)19)12(17)15(3)7-11(16)14-2/h8-10H,4-7H2,1-3H3,(H,14,16)(H,18,19). The maximum absolute atomic E-state index is 12.3. The van der Waals surface area contributed by atoms with Crippen LogP contribution in [-0.2, 0) is 14.4 Å². The predicted molar refractivity (Wildman–Crippen MR) is 69.3 cm³/mol. The van der Waals surface area contributed by atoms with E-state index >= 15 is 0 Å². The number of carboxylic acids is 1. The minimum Gasteiger partial charge on any atom is -0.481 e. The van der Waals surface area contributed by atoms with E-state index < -0.39 is 17.8 Å². The summed E-state index contributed by atoms with van der Waals surface area (Å²) in [6.07, 6.45) is 2.03. The van der Waals surface area contributed by atoms with Gasteiger partial charge < -0.3 is 15.3 Å². The molecule has 1 fully saturated rings. The second kappa shape index (κ2) is 6.54. The van der Waals surface area contributed by atoms with Gasteiger partial charge in [0.25, 0.3) is 0 Å². The van der Waals surface area contributed by atoms with Gasteiger partial charge in [0.2, 0.25) is 11.8 Å². The number of hydrogen-bond donors (Lipinski definition) is 2. The molecule has 2 N–H and O–H groups in total. The van der Waals surface area contributed by atoms with Gasteiger partial charge >= 0.3 is 5.97 Å². The summed E-state index contributed by atoms with van der Waals surface area (Å²) in [6.45, 7) is 1.97. The second-order valence-corrected chi connectivity index (χ2v) is 5.16. The van der Waals surface area contributed by atoms with Crippen LogP contribution in [0.4, 0.5) is 0 Å². The third-order valence-electron chi connectivity index (χ3n) is 3.91. The van der Waals surface area contributed by atoms with Crippen LogP contribution in [0.5, 0.6) is 0 Å². The number of nitrogens with one attached hydrogen (secondary N) is 1. The highest BCUT2D eigenvalue weighted by Crippen LogP contribution is 2.39. The molecule has 19 heavy (non-hydrogen) atoms. The first-order valence-corrected chi connectivity index (χ1v) is 6.59. The lowest BCUT2D eigenvalue weighted by molar-refractivity contribution is -0.149. The molecule has 1 saturated carbocycles. The maximum atomic E-state index is 12.3. The summed E-state index contributed by atoms with van der Waals surface area (Å²) < 4.78 is 0. The number of rotatable bonds is 5. The highest BCUT2D eigenvalue weighted by atomic mass is 16.4. The molecule has 0 radical (unpaired) electrons. The molecule has 6 nitrogen and oxygen atoms in total. The molecule has 108 valence electrons. The van der Waals surface area contributed by atoms with Gasteiger partial charge in [0.15, 0.2) is 0 Å². The van der Waals surface area contributed by atoms with E-state index in [4.69, 9.17) is 0 Å². The van der Waals surface area contributed by atoms with Gasteiger partial charge in [0, 0.05) is 14.1 Å². The zero-order chi connectivity index (χ0) is 14.6. The number of hydrogen-bond acceptors (Lipinski definition) is 3. The number of aliphatic carboxylic acids is 1. The number of carbonyl (C=O) groups excluding carboxylic acids is 2. The number of likely N-dealkylation sites (N-methyl/N-ethyl adjacent to an activating group) is 2. The third kappa shape index (κ3) is 3.68. The van der Waals surface area contributed by atoms with E-state index in [1.807, 2.05) is 6.92 Å². The number of carboxylic acid groups (broad SMARTS) is 1. The Kier molecular flexibility index (Phi) is 5.32. The molecular weight excluding hydrogens is 248 g/mol. The fourth-order valence-corrected chi connectivity index (χ4v) is 2.68. The average molecular weight is 270 g/mol. The molecule has 1 rings (SSSR count). The lowest BCUT2D eigenvalue weighted by Gasteiger charge is -2.22. The minimum absolute atomic E-state index is 0.0328. The summed E-state index contributed by atoms with van der Waals surface area (Å²) in [5, 5.41) is 11.7. The van der Waals surface area contributed by atoms with Crippen molar-refractivity contribution in [1.82, 2.24) is 10.2 Å². The zero-order valence-electron chi connectivity index (χ0n) is 11.7. The van der Waals surface area contributed by atoms with Gasteiger partial charge in [0.1, 0.15) is 0 Å². The summed E-state index contributed by atoms with van der Waals surface area (Å²) in [4.78, 5) is 36.1. The van der Waals surface area contributed by atoms with Crippen LogP contribution in [0.25, 0.3) is 0 Å². The molecule has 0 aromatic heterocycles. The SMILES string of the molecule is CCC1CC(C(=O)O)C(C(=O)N(C)CC(=O)NC)C1. The van der Waals surface area contributed by atoms with Gasteiger partial charge in [-0.25, -0.2) is 0 Å². The molecule has 0 heterocycles. The van der Waals surface area contributed by atoms with Crippen molar-refractivity contribution in [3.05, 3.63) is 0 Å². The van der Waals surface area contributed by atoms with Crippen LogP contribution >= 0.6 is 0 Å². The van der Waals surface area contributed by atoms with Crippen molar-refractivity contribution in [3.63, 3.8) is 0 Å². The van der Waals surface area contributed by atoms with Crippen LogP contribution in [0.2, 0.25) is 0 Å². The van der Waals surface area contributed by atoms with Crippen molar-refractivity contribution in [1.29, 1.82) is 0 Å². The monoisotopic (exact) mass is 270 g/mol. The summed E-state index contributed by atoms with van der Waals surface area (Å²) in [5.74, 6) is -2.26. The molecule has 0 bridgehead atoms. The van der Waals surface area contributed by atoms with E-state index in [2.05, 4.69) is 5.32 Å².